The molecule has 0 saturated carbocycles. The number of phosphoric ester groups is 1. The highest BCUT2D eigenvalue weighted by Crippen LogP contribution is 2.37. The monoisotopic (exact) mass is 373 g/mol. The third-order valence-corrected chi connectivity index (χ3v) is 4.23. The Hall–Kier alpha value is -1.40. The number of hydrogen-bond acceptors (Lipinski definition) is 4. The SMILES string of the molecule is CCCCCCCC(=O)N[C@@H](COP(=O)(O)O)c1cccc(OC)c1. The van der Waals surface area contributed by atoms with Crippen LogP contribution in [0.5, 0.6) is 5.75 Å². The van der Waals surface area contributed by atoms with E-state index < -0.39 is 13.9 Å². The number of amides is 1. The van der Waals surface area contributed by atoms with Gasteiger partial charge in [0.15, 0.2) is 0 Å². The average molecular weight is 373 g/mol. The van der Waals surface area contributed by atoms with E-state index in [1.165, 1.54) is 7.11 Å². The Bertz CT molecular complexity index is 574. The molecule has 7 nitrogen and oxygen atoms in total. The summed E-state index contributed by atoms with van der Waals surface area (Å²) in [6.07, 6.45) is 5.55. The Morgan fingerprint density at radius 1 is 1.24 bits per heavy atom. The van der Waals surface area contributed by atoms with Gasteiger partial charge in [-0.05, 0) is 24.1 Å². The topological polar surface area (TPSA) is 105 Å². The van der Waals surface area contributed by atoms with Gasteiger partial charge in [-0.15, -0.1) is 0 Å². The van der Waals surface area contributed by atoms with Crippen LogP contribution in [-0.4, -0.2) is 29.4 Å². The van der Waals surface area contributed by atoms with Gasteiger partial charge in [0, 0.05) is 6.42 Å². The summed E-state index contributed by atoms with van der Waals surface area (Å²) in [4.78, 5) is 30.0. The predicted octanol–water partition coefficient (Wildman–Crippen LogP) is 3.32. The molecule has 142 valence electrons. The van der Waals surface area contributed by atoms with Crippen molar-refractivity contribution >= 4 is 13.7 Å². The summed E-state index contributed by atoms with van der Waals surface area (Å²) in [7, 11) is -3.10. The molecule has 1 aromatic carbocycles. The molecule has 25 heavy (non-hydrogen) atoms. The molecule has 1 aromatic rings. The van der Waals surface area contributed by atoms with Gasteiger partial charge in [-0.2, -0.15) is 0 Å². The molecule has 0 aliphatic heterocycles. The number of rotatable bonds is 12. The van der Waals surface area contributed by atoms with Crippen molar-refractivity contribution in [3.05, 3.63) is 29.8 Å². The van der Waals surface area contributed by atoms with Gasteiger partial charge in [0.1, 0.15) is 5.75 Å². The van der Waals surface area contributed by atoms with Gasteiger partial charge < -0.3 is 19.8 Å². The fraction of sp³-hybridized carbons (Fsp3) is 0.588. The second kappa shape index (κ2) is 11.3. The van der Waals surface area contributed by atoms with Gasteiger partial charge >= 0.3 is 7.82 Å². The zero-order chi connectivity index (χ0) is 18.7. The number of phosphoric acid groups is 1. The Labute approximate surface area is 149 Å². The van der Waals surface area contributed by atoms with Gasteiger partial charge in [-0.3, -0.25) is 9.32 Å². The Kier molecular flexibility index (Phi) is 9.75. The Morgan fingerprint density at radius 3 is 2.60 bits per heavy atom. The average Bonchev–Trinajstić information content (AvgIpc) is 2.57. The van der Waals surface area contributed by atoms with E-state index in [0.29, 0.717) is 17.7 Å². The predicted molar refractivity (Wildman–Crippen MR) is 95.2 cm³/mol. The van der Waals surface area contributed by atoms with Crippen LogP contribution in [-0.2, 0) is 13.9 Å². The first-order valence-electron chi connectivity index (χ1n) is 8.49. The van der Waals surface area contributed by atoms with E-state index in [1.54, 1.807) is 24.3 Å². The summed E-state index contributed by atoms with van der Waals surface area (Å²) in [5.41, 5.74) is 0.659. The smallest absolute Gasteiger partial charge is 0.469 e. The van der Waals surface area contributed by atoms with E-state index in [2.05, 4.69) is 16.8 Å². The number of hydrogen-bond donors (Lipinski definition) is 3. The molecule has 0 heterocycles. The van der Waals surface area contributed by atoms with Crippen molar-refractivity contribution in [1.82, 2.24) is 5.32 Å². The maximum atomic E-state index is 12.1. The number of methoxy groups -OCH3 is 1. The van der Waals surface area contributed by atoms with Crippen LogP contribution in [0.25, 0.3) is 0 Å². The summed E-state index contributed by atoms with van der Waals surface area (Å²) in [5, 5.41) is 2.79. The van der Waals surface area contributed by atoms with Crippen molar-refractivity contribution in [3.8, 4) is 5.75 Å². The summed E-state index contributed by atoms with van der Waals surface area (Å²) in [5.74, 6) is 0.422. The highest BCUT2D eigenvalue weighted by molar-refractivity contribution is 7.46. The molecule has 0 aliphatic carbocycles. The maximum absolute atomic E-state index is 12.1. The van der Waals surface area contributed by atoms with E-state index in [1.807, 2.05) is 0 Å². The molecule has 0 spiro atoms. The third-order valence-electron chi connectivity index (χ3n) is 3.75. The molecule has 0 aromatic heterocycles. The standard InChI is InChI=1S/C17H28NO6P/c1-3-4-5-6-7-11-17(19)18-16(13-24-25(20,21)22)14-9-8-10-15(12-14)23-2/h8-10,12,16H,3-7,11,13H2,1-2H3,(H,18,19)(H2,20,21,22)/t16-/m0/s1. The number of unbranched alkanes of at least 4 members (excludes halogenated alkanes) is 4. The van der Waals surface area contributed by atoms with Gasteiger partial charge in [-0.25, -0.2) is 4.57 Å². The number of benzene rings is 1. The minimum absolute atomic E-state index is 0.168. The highest BCUT2D eigenvalue weighted by atomic mass is 31.2. The third kappa shape index (κ3) is 9.60. The van der Waals surface area contributed by atoms with Crippen molar-refractivity contribution in [2.75, 3.05) is 13.7 Å². The largest absolute Gasteiger partial charge is 0.497 e. The first-order chi connectivity index (χ1) is 11.9. The summed E-state index contributed by atoms with van der Waals surface area (Å²) in [6, 6.07) is 6.29. The molecule has 0 saturated heterocycles. The molecule has 0 bridgehead atoms. The minimum atomic E-state index is -4.62. The molecule has 0 aliphatic rings. The lowest BCUT2D eigenvalue weighted by atomic mass is 10.1. The first kappa shape index (κ1) is 21.6. The molecule has 1 atom stereocenters. The fourth-order valence-corrected chi connectivity index (χ4v) is 2.75. The molecule has 8 heteroatoms. The minimum Gasteiger partial charge on any atom is -0.497 e. The van der Waals surface area contributed by atoms with E-state index >= 15 is 0 Å². The number of carbonyl (C=O) groups excluding carboxylic acids is 1. The molecule has 0 fully saturated rings. The second-order valence-electron chi connectivity index (χ2n) is 5.85. The fourth-order valence-electron chi connectivity index (χ4n) is 2.41. The summed E-state index contributed by atoms with van der Waals surface area (Å²) >= 11 is 0. The van der Waals surface area contributed by atoms with Gasteiger partial charge in [-0.1, -0.05) is 44.7 Å². The number of carbonyl (C=O) groups is 1. The molecule has 1 rings (SSSR count). The lowest BCUT2D eigenvalue weighted by Gasteiger charge is -2.20. The van der Waals surface area contributed by atoms with Crippen LogP contribution in [0.3, 0.4) is 0 Å². The normalized spacial score (nSPS) is 12.6. The van der Waals surface area contributed by atoms with Crippen LogP contribution in [0, 0.1) is 0 Å². The Balaban J connectivity index is 2.67. The van der Waals surface area contributed by atoms with Crippen LogP contribution >= 0.6 is 7.82 Å². The van der Waals surface area contributed by atoms with Crippen molar-refractivity contribution in [1.29, 1.82) is 0 Å². The zero-order valence-electron chi connectivity index (χ0n) is 14.8. The lowest BCUT2D eigenvalue weighted by Crippen LogP contribution is -2.31. The van der Waals surface area contributed by atoms with Crippen LogP contribution < -0.4 is 10.1 Å². The molecule has 0 unspecified atom stereocenters. The molecular weight excluding hydrogens is 345 g/mol. The van der Waals surface area contributed by atoms with E-state index in [9.17, 15) is 9.36 Å². The zero-order valence-corrected chi connectivity index (χ0v) is 15.7. The van der Waals surface area contributed by atoms with Crippen LogP contribution in [0.2, 0.25) is 0 Å². The van der Waals surface area contributed by atoms with Gasteiger partial charge in [0.05, 0.1) is 19.8 Å². The van der Waals surface area contributed by atoms with E-state index in [-0.39, 0.29) is 12.5 Å². The van der Waals surface area contributed by atoms with Crippen molar-refractivity contribution < 1.29 is 28.4 Å². The first-order valence-corrected chi connectivity index (χ1v) is 10.0. The molecule has 0 radical (unpaired) electrons. The second-order valence-corrected chi connectivity index (χ2v) is 7.09. The molecule has 1 amide bonds. The van der Waals surface area contributed by atoms with Crippen LogP contribution in [0.15, 0.2) is 24.3 Å². The van der Waals surface area contributed by atoms with Crippen LogP contribution in [0.4, 0.5) is 0 Å². The Morgan fingerprint density at radius 2 is 1.96 bits per heavy atom. The van der Waals surface area contributed by atoms with Gasteiger partial charge in [0.25, 0.3) is 0 Å². The van der Waals surface area contributed by atoms with Gasteiger partial charge in [0.2, 0.25) is 5.91 Å². The molecule has 3 N–H and O–H groups in total. The van der Waals surface area contributed by atoms with E-state index in [0.717, 1.165) is 32.1 Å². The number of nitrogens with one attached hydrogen (secondary N) is 1. The van der Waals surface area contributed by atoms with Crippen molar-refractivity contribution in [3.63, 3.8) is 0 Å². The quantitative estimate of drug-likeness (QED) is 0.383. The van der Waals surface area contributed by atoms with Crippen molar-refractivity contribution in [2.45, 2.75) is 51.5 Å². The van der Waals surface area contributed by atoms with Crippen LogP contribution in [0.1, 0.15) is 57.1 Å². The molecular formula is C17H28NO6P. The lowest BCUT2D eigenvalue weighted by molar-refractivity contribution is -0.122. The van der Waals surface area contributed by atoms with E-state index in [4.69, 9.17) is 14.5 Å². The summed E-state index contributed by atoms with van der Waals surface area (Å²) < 4.78 is 20.7. The number of ether oxygens (including phenoxy) is 1. The highest BCUT2D eigenvalue weighted by Gasteiger charge is 2.21. The van der Waals surface area contributed by atoms with Crippen molar-refractivity contribution in [2.24, 2.45) is 0 Å². The maximum Gasteiger partial charge on any atom is 0.469 e. The summed E-state index contributed by atoms with van der Waals surface area (Å²) in [6.45, 7) is 1.81.